The number of carbonyl (C=O) groups excluding carboxylic acids is 3. The van der Waals surface area contributed by atoms with Gasteiger partial charge in [-0.1, -0.05) is 30.3 Å². The second kappa shape index (κ2) is 7.99. The van der Waals surface area contributed by atoms with E-state index in [1.54, 1.807) is 6.08 Å². The molecular weight excluding hydrogens is 396 g/mol. The minimum absolute atomic E-state index is 0.140. The van der Waals surface area contributed by atoms with Crippen LogP contribution in [0.5, 0.6) is 0 Å². The van der Waals surface area contributed by atoms with Gasteiger partial charge in [-0.25, -0.2) is 4.98 Å². The summed E-state index contributed by atoms with van der Waals surface area (Å²) in [7, 11) is 0. The molecule has 1 N–H and O–H groups in total. The van der Waals surface area contributed by atoms with Crippen molar-refractivity contribution >= 4 is 51.2 Å². The fraction of sp³-hybridized carbons (Fsp3) is 0.158. The number of thiazole rings is 1. The number of imide groups is 1. The summed E-state index contributed by atoms with van der Waals surface area (Å²) >= 11 is 2.42. The molecule has 1 fully saturated rings. The number of hydrogen-bond donors (Lipinski definition) is 1. The Morgan fingerprint density at radius 1 is 1.21 bits per heavy atom. The summed E-state index contributed by atoms with van der Waals surface area (Å²) in [5.41, 5.74) is 1.54. The SMILES string of the molecule is O=C(Cc1cn2ccsc2n1)NCCN1C(=O)SC(=Cc2ccccc2)C1=O. The van der Waals surface area contributed by atoms with E-state index in [0.29, 0.717) is 10.6 Å². The summed E-state index contributed by atoms with van der Waals surface area (Å²) in [6.45, 7) is 0.346. The van der Waals surface area contributed by atoms with Crippen molar-refractivity contribution in [2.24, 2.45) is 0 Å². The van der Waals surface area contributed by atoms with Crippen molar-refractivity contribution in [3.05, 3.63) is 64.3 Å². The van der Waals surface area contributed by atoms with Crippen LogP contribution in [-0.2, 0) is 16.0 Å². The van der Waals surface area contributed by atoms with E-state index in [1.165, 1.54) is 11.3 Å². The first-order valence-corrected chi connectivity index (χ1v) is 10.3. The number of benzene rings is 1. The Labute approximate surface area is 169 Å². The molecule has 0 unspecified atom stereocenters. The van der Waals surface area contributed by atoms with Gasteiger partial charge in [0.1, 0.15) is 0 Å². The molecule has 1 aliphatic heterocycles. The third-order valence-electron chi connectivity index (χ3n) is 4.11. The predicted molar refractivity (Wildman–Crippen MR) is 109 cm³/mol. The van der Waals surface area contributed by atoms with Crippen molar-refractivity contribution in [3.63, 3.8) is 0 Å². The molecule has 9 heteroatoms. The maximum atomic E-state index is 12.4. The number of thioether (sulfide) groups is 1. The molecule has 0 bridgehead atoms. The lowest BCUT2D eigenvalue weighted by Gasteiger charge is -2.12. The minimum Gasteiger partial charge on any atom is -0.354 e. The number of fused-ring (bicyclic) bond motifs is 1. The number of nitrogens with zero attached hydrogens (tertiary/aromatic N) is 3. The van der Waals surface area contributed by atoms with Crippen molar-refractivity contribution in [1.82, 2.24) is 19.6 Å². The zero-order valence-corrected chi connectivity index (χ0v) is 16.3. The Kier molecular flexibility index (Phi) is 5.27. The second-order valence-electron chi connectivity index (χ2n) is 6.10. The van der Waals surface area contributed by atoms with Gasteiger partial charge in [0.15, 0.2) is 4.96 Å². The van der Waals surface area contributed by atoms with Gasteiger partial charge in [-0.05, 0) is 23.4 Å². The lowest BCUT2D eigenvalue weighted by Crippen LogP contribution is -2.37. The Bertz CT molecular complexity index is 1040. The molecular formula is C19H16N4O3S2. The van der Waals surface area contributed by atoms with Gasteiger partial charge in [-0.15, -0.1) is 11.3 Å². The van der Waals surface area contributed by atoms with E-state index in [0.717, 1.165) is 27.2 Å². The number of amides is 3. The molecule has 142 valence electrons. The summed E-state index contributed by atoms with van der Waals surface area (Å²) in [5.74, 6) is -0.528. The summed E-state index contributed by atoms with van der Waals surface area (Å²) in [5, 5.41) is 4.34. The smallest absolute Gasteiger partial charge is 0.293 e. The standard InChI is InChI=1S/C19H16N4O3S2/c24-16(11-14-12-22-8-9-27-18(22)21-14)20-6-7-23-17(25)15(28-19(23)26)10-13-4-2-1-3-5-13/h1-5,8-10,12H,6-7,11H2,(H,20,24). The fourth-order valence-corrected chi connectivity index (χ4v) is 4.37. The highest BCUT2D eigenvalue weighted by Gasteiger charge is 2.34. The highest BCUT2D eigenvalue weighted by atomic mass is 32.2. The maximum Gasteiger partial charge on any atom is 0.293 e. The van der Waals surface area contributed by atoms with E-state index >= 15 is 0 Å². The third-order valence-corrected chi connectivity index (χ3v) is 5.79. The van der Waals surface area contributed by atoms with Crippen molar-refractivity contribution in [2.75, 3.05) is 13.1 Å². The average Bonchev–Trinajstić information content (AvgIpc) is 3.32. The van der Waals surface area contributed by atoms with E-state index in [9.17, 15) is 14.4 Å². The number of aromatic nitrogens is 2. The van der Waals surface area contributed by atoms with Gasteiger partial charge < -0.3 is 5.32 Å². The average molecular weight is 412 g/mol. The van der Waals surface area contributed by atoms with Crippen LogP contribution in [-0.4, -0.2) is 44.4 Å². The van der Waals surface area contributed by atoms with E-state index in [4.69, 9.17) is 0 Å². The minimum atomic E-state index is -0.331. The van der Waals surface area contributed by atoms with Crippen LogP contribution in [0.1, 0.15) is 11.3 Å². The zero-order valence-electron chi connectivity index (χ0n) is 14.7. The molecule has 0 spiro atoms. The lowest BCUT2D eigenvalue weighted by atomic mass is 10.2. The molecule has 28 heavy (non-hydrogen) atoms. The molecule has 1 aliphatic rings. The zero-order chi connectivity index (χ0) is 19.5. The van der Waals surface area contributed by atoms with E-state index in [-0.39, 0.29) is 36.6 Å². The molecule has 3 aromatic rings. The molecule has 0 radical (unpaired) electrons. The van der Waals surface area contributed by atoms with E-state index in [1.807, 2.05) is 52.5 Å². The number of hydrogen-bond acceptors (Lipinski definition) is 6. The molecule has 1 aromatic carbocycles. The number of rotatable bonds is 6. The van der Waals surface area contributed by atoms with Crippen molar-refractivity contribution in [3.8, 4) is 0 Å². The van der Waals surface area contributed by atoms with Gasteiger partial charge in [0.05, 0.1) is 17.0 Å². The molecule has 4 rings (SSSR count). The monoisotopic (exact) mass is 412 g/mol. The summed E-state index contributed by atoms with van der Waals surface area (Å²) < 4.78 is 1.87. The van der Waals surface area contributed by atoms with Crippen molar-refractivity contribution in [2.45, 2.75) is 6.42 Å². The molecule has 1 saturated heterocycles. The normalized spacial score (nSPS) is 15.7. The maximum absolute atomic E-state index is 12.4. The van der Waals surface area contributed by atoms with Gasteiger partial charge in [0, 0.05) is 30.9 Å². The summed E-state index contributed by atoms with van der Waals surface area (Å²) in [6.07, 6.45) is 5.56. The Hall–Kier alpha value is -2.91. The highest BCUT2D eigenvalue weighted by Crippen LogP contribution is 2.31. The van der Waals surface area contributed by atoms with Crippen LogP contribution in [0, 0.1) is 0 Å². The molecule has 2 aromatic heterocycles. The fourth-order valence-electron chi connectivity index (χ4n) is 2.79. The van der Waals surface area contributed by atoms with Gasteiger partial charge >= 0.3 is 0 Å². The number of imidazole rings is 1. The van der Waals surface area contributed by atoms with Crippen LogP contribution >= 0.6 is 23.1 Å². The molecule has 7 nitrogen and oxygen atoms in total. The van der Waals surface area contributed by atoms with Crippen LogP contribution in [0.3, 0.4) is 0 Å². The van der Waals surface area contributed by atoms with E-state index < -0.39 is 0 Å². The van der Waals surface area contributed by atoms with Crippen molar-refractivity contribution < 1.29 is 14.4 Å². The van der Waals surface area contributed by atoms with Crippen LogP contribution in [0.4, 0.5) is 4.79 Å². The summed E-state index contributed by atoms with van der Waals surface area (Å²) in [4.78, 5) is 43.4. The quantitative estimate of drug-likeness (QED) is 0.630. The Morgan fingerprint density at radius 3 is 2.82 bits per heavy atom. The Morgan fingerprint density at radius 2 is 2.04 bits per heavy atom. The molecule has 0 atom stereocenters. The van der Waals surface area contributed by atoms with Gasteiger partial charge in [0.25, 0.3) is 11.1 Å². The molecule has 3 amide bonds. The molecule has 0 saturated carbocycles. The first-order chi connectivity index (χ1) is 13.6. The number of carbonyl (C=O) groups is 3. The summed E-state index contributed by atoms with van der Waals surface area (Å²) in [6, 6.07) is 9.37. The second-order valence-corrected chi connectivity index (χ2v) is 7.96. The first-order valence-electron chi connectivity index (χ1n) is 8.58. The van der Waals surface area contributed by atoms with Crippen LogP contribution < -0.4 is 5.32 Å². The Balaban J connectivity index is 1.30. The highest BCUT2D eigenvalue weighted by molar-refractivity contribution is 8.18. The topological polar surface area (TPSA) is 83.8 Å². The lowest BCUT2D eigenvalue weighted by molar-refractivity contribution is -0.124. The first kappa shape index (κ1) is 18.5. The third kappa shape index (κ3) is 4.00. The van der Waals surface area contributed by atoms with Gasteiger partial charge in [-0.2, -0.15) is 0 Å². The van der Waals surface area contributed by atoms with E-state index in [2.05, 4.69) is 10.3 Å². The molecule has 0 aliphatic carbocycles. The number of nitrogens with one attached hydrogen (secondary N) is 1. The van der Waals surface area contributed by atoms with Crippen LogP contribution in [0.2, 0.25) is 0 Å². The largest absolute Gasteiger partial charge is 0.354 e. The van der Waals surface area contributed by atoms with Gasteiger partial charge in [0.2, 0.25) is 5.91 Å². The van der Waals surface area contributed by atoms with Gasteiger partial charge in [-0.3, -0.25) is 23.7 Å². The van der Waals surface area contributed by atoms with Crippen molar-refractivity contribution in [1.29, 1.82) is 0 Å². The van der Waals surface area contributed by atoms with Crippen LogP contribution in [0.15, 0.2) is 53.0 Å². The molecule has 3 heterocycles. The van der Waals surface area contributed by atoms with Crippen LogP contribution in [0.25, 0.3) is 11.0 Å². The predicted octanol–water partition coefficient (Wildman–Crippen LogP) is 2.79.